The van der Waals surface area contributed by atoms with Gasteiger partial charge in [-0.1, -0.05) is 62.3 Å². The maximum absolute atomic E-state index is 7.25. The Labute approximate surface area is 251 Å². The zero-order valence-electron chi connectivity index (χ0n) is 28.6. The van der Waals surface area contributed by atoms with Crippen molar-refractivity contribution in [1.29, 1.82) is 0 Å². The molecule has 3 heterocycles. The first-order chi connectivity index (χ1) is 18.3. The van der Waals surface area contributed by atoms with E-state index in [1.165, 1.54) is 0 Å². The Bertz CT molecular complexity index is 1230. The highest BCUT2D eigenvalue weighted by Gasteiger charge is 2.55. The van der Waals surface area contributed by atoms with E-state index in [0.29, 0.717) is 29.4 Å². The average Bonchev–Trinajstić information content (AvgIpc) is 3.31. The van der Waals surface area contributed by atoms with Crippen molar-refractivity contribution in [2.24, 2.45) is 0 Å². The van der Waals surface area contributed by atoms with Gasteiger partial charge in [0.15, 0.2) is 42.6 Å². The van der Waals surface area contributed by atoms with E-state index in [1.807, 2.05) is 11.5 Å². The smallest absolute Gasteiger partial charge is 0.192 e. The first-order valence-corrected chi connectivity index (χ1v) is 23.6. The van der Waals surface area contributed by atoms with Crippen molar-refractivity contribution in [3.8, 4) is 0 Å². The lowest BCUT2D eigenvalue weighted by Gasteiger charge is -2.44. The number of rotatable bonds is 8. The zero-order valence-corrected chi connectivity index (χ0v) is 31.6. The van der Waals surface area contributed by atoms with E-state index in [1.54, 1.807) is 6.33 Å². The summed E-state index contributed by atoms with van der Waals surface area (Å²) in [6, 6.07) is 0. The van der Waals surface area contributed by atoms with Crippen LogP contribution in [0.15, 0.2) is 6.33 Å². The van der Waals surface area contributed by atoms with Crippen LogP contribution in [-0.2, 0) is 18.0 Å². The first kappa shape index (κ1) is 34.3. The Balaban J connectivity index is 2.18. The number of fused-ring (bicyclic) bond motifs is 1. The van der Waals surface area contributed by atoms with Crippen molar-refractivity contribution in [3.63, 3.8) is 0 Å². The predicted octanol–water partition coefficient (Wildman–Crippen LogP) is 7.42. The molecule has 0 aliphatic carbocycles. The van der Waals surface area contributed by atoms with Gasteiger partial charge in [-0.3, -0.25) is 4.57 Å². The number of anilines is 1. The van der Waals surface area contributed by atoms with Gasteiger partial charge >= 0.3 is 0 Å². The van der Waals surface area contributed by atoms with Crippen LogP contribution in [-0.4, -0.2) is 69.4 Å². The fraction of sp³-hybridized carbons (Fsp3) is 0.828. The van der Waals surface area contributed by atoms with Crippen molar-refractivity contribution < 1.29 is 18.0 Å². The van der Waals surface area contributed by atoms with Crippen molar-refractivity contribution in [1.82, 2.24) is 19.5 Å². The van der Waals surface area contributed by atoms with Gasteiger partial charge in [0.25, 0.3) is 0 Å². The molecule has 1 aliphatic rings. The van der Waals surface area contributed by atoms with E-state index in [2.05, 4.69) is 112 Å². The van der Waals surface area contributed by atoms with Crippen LogP contribution < -0.4 is 5.73 Å². The van der Waals surface area contributed by atoms with E-state index in [-0.39, 0.29) is 33.4 Å². The standard InChI is InChI=1S/C29H57N5O4Si3/c1-19-32-24(30)21-25(33-19)34(18-31-21)26-23(38-41(15,16)29(8,9)10)22(37-40(13,14)28(5,6)7)20(36-26)17-35-39(11,12)27(2,3)4/h18,20,22-23,26H,17H2,1-16H3,(H2,30,32,33). The molecule has 0 radical (unpaired) electrons. The normalized spacial score (nSPS) is 23.5. The summed E-state index contributed by atoms with van der Waals surface area (Å²) in [7, 11) is -6.55. The number of nitrogen functional groups attached to an aromatic ring is 1. The van der Waals surface area contributed by atoms with Crippen molar-refractivity contribution in [2.45, 2.75) is 148 Å². The highest BCUT2D eigenvalue weighted by atomic mass is 28.4. The minimum absolute atomic E-state index is 0.00497. The lowest BCUT2D eigenvalue weighted by Crippen LogP contribution is -2.54. The molecule has 2 aromatic heterocycles. The molecule has 0 amide bonds. The molecule has 234 valence electrons. The second kappa shape index (κ2) is 11.1. The Morgan fingerprint density at radius 1 is 0.805 bits per heavy atom. The molecular weight excluding hydrogens is 567 g/mol. The van der Waals surface area contributed by atoms with E-state index < -0.39 is 31.2 Å². The Hall–Kier alpha value is -1.16. The number of aryl methyl sites for hydroxylation is 1. The molecule has 2 N–H and O–H groups in total. The number of ether oxygens (including phenoxy) is 1. The summed E-state index contributed by atoms with van der Waals surface area (Å²) < 4.78 is 30.2. The summed E-state index contributed by atoms with van der Waals surface area (Å²) in [5.74, 6) is 0.946. The van der Waals surface area contributed by atoms with Crippen LogP contribution in [0.2, 0.25) is 54.4 Å². The number of nitrogens with zero attached hydrogens (tertiary/aromatic N) is 4. The van der Waals surface area contributed by atoms with Gasteiger partial charge < -0.3 is 23.7 Å². The molecule has 4 unspecified atom stereocenters. The molecule has 3 rings (SSSR count). The lowest BCUT2D eigenvalue weighted by atomic mass is 10.1. The average molecular weight is 624 g/mol. The predicted molar refractivity (Wildman–Crippen MR) is 176 cm³/mol. The van der Waals surface area contributed by atoms with Crippen molar-refractivity contribution in [2.75, 3.05) is 12.3 Å². The topological polar surface area (TPSA) is 107 Å². The molecule has 9 nitrogen and oxygen atoms in total. The molecule has 0 aromatic carbocycles. The summed E-state index contributed by atoms with van der Waals surface area (Å²) in [5.41, 5.74) is 7.46. The third-order valence-electron chi connectivity index (χ3n) is 10.0. The van der Waals surface area contributed by atoms with E-state index in [9.17, 15) is 0 Å². The third-order valence-corrected chi connectivity index (χ3v) is 23.5. The molecule has 0 spiro atoms. The van der Waals surface area contributed by atoms with Crippen molar-refractivity contribution >= 4 is 41.9 Å². The molecule has 12 heteroatoms. The van der Waals surface area contributed by atoms with Gasteiger partial charge in [-0.2, -0.15) is 0 Å². The highest BCUT2D eigenvalue weighted by Crippen LogP contribution is 2.47. The van der Waals surface area contributed by atoms with Crippen LogP contribution in [0, 0.1) is 6.92 Å². The quantitative estimate of drug-likeness (QED) is 0.303. The SMILES string of the molecule is Cc1nc(N)c2ncn(C3OC(CO[Si](C)(C)C(C)(C)C)C(O[Si](C)(C)C(C)(C)C)C3O[Si](C)(C)C(C)(C)C)c2n1. The number of aromatic nitrogens is 4. The lowest BCUT2D eigenvalue weighted by molar-refractivity contribution is -0.0470. The molecule has 0 saturated carbocycles. The third kappa shape index (κ3) is 6.99. The summed E-state index contributed by atoms with van der Waals surface area (Å²) in [5, 5.41) is 0.0806. The van der Waals surface area contributed by atoms with E-state index in [4.69, 9.17) is 28.7 Å². The van der Waals surface area contributed by atoms with Crippen LogP contribution in [0.1, 0.15) is 74.4 Å². The molecular formula is C29H57N5O4Si3. The zero-order chi connectivity index (χ0) is 31.6. The minimum atomic E-state index is -2.26. The van der Waals surface area contributed by atoms with Crippen LogP contribution >= 0.6 is 0 Å². The molecule has 4 atom stereocenters. The van der Waals surface area contributed by atoms with Gasteiger partial charge in [0.05, 0.1) is 12.9 Å². The van der Waals surface area contributed by atoms with Crippen LogP contribution in [0.25, 0.3) is 11.2 Å². The highest BCUT2D eigenvalue weighted by molar-refractivity contribution is 6.75. The summed E-state index contributed by atoms with van der Waals surface area (Å²) in [6.07, 6.45) is 0.216. The van der Waals surface area contributed by atoms with Gasteiger partial charge in [-0.15, -0.1) is 0 Å². The van der Waals surface area contributed by atoms with E-state index in [0.717, 1.165) is 0 Å². The van der Waals surface area contributed by atoms with Gasteiger partial charge in [-0.25, -0.2) is 15.0 Å². The van der Waals surface area contributed by atoms with Crippen LogP contribution in [0.3, 0.4) is 0 Å². The molecule has 41 heavy (non-hydrogen) atoms. The van der Waals surface area contributed by atoms with Crippen LogP contribution in [0.4, 0.5) is 5.82 Å². The monoisotopic (exact) mass is 623 g/mol. The molecule has 0 bridgehead atoms. The largest absolute Gasteiger partial charge is 0.414 e. The van der Waals surface area contributed by atoms with Gasteiger partial charge in [-0.05, 0) is 61.3 Å². The molecule has 1 saturated heterocycles. The maximum atomic E-state index is 7.25. The number of imidazole rings is 1. The molecule has 2 aromatic rings. The summed E-state index contributed by atoms with van der Waals surface area (Å²) >= 11 is 0. The summed E-state index contributed by atoms with van der Waals surface area (Å²) in [4.78, 5) is 13.7. The van der Waals surface area contributed by atoms with Crippen LogP contribution in [0.5, 0.6) is 0 Å². The second-order valence-corrected chi connectivity index (χ2v) is 30.6. The summed E-state index contributed by atoms with van der Waals surface area (Å²) in [6.45, 7) is 36.3. The molecule has 1 fully saturated rings. The maximum Gasteiger partial charge on any atom is 0.192 e. The van der Waals surface area contributed by atoms with Crippen molar-refractivity contribution in [3.05, 3.63) is 12.2 Å². The van der Waals surface area contributed by atoms with Gasteiger partial charge in [0.2, 0.25) is 0 Å². The second-order valence-electron chi connectivity index (χ2n) is 16.3. The minimum Gasteiger partial charge on any atom is -0.414 e. The number of nitrogens with two attached hydrogens (primary N) is 1. The fourth-order valence-corrected chi connectivity index (χ4v) is 7.73. The van der Waals surface area contributed by atoms with Gasteiger partial charge in [0, 0.05) is 0 Å². The Morgan fingerprint density at radius 3 is 1.78 bits per heavy atom. The first-order valence-electron chi connectivity index (χ1n) is 14.9. The Morgan fingerprint density at radius 2 is 1.29 bits per heavy atom. The Kier molecular flexibility index (Phi) is 9.28. The number of hydrogen-bond donors (Lipinski definition) is 1. The molecule has 1 aliphatic heterocycles. The fourth-order valence-electron chi connectivity index (χ4n) is 4.11. The number of hydrogen-bond acceptors (Lipinski definition) is 8. The van der Waals surface area contributed by atoms with Gasteiger partial charge in [0.1, 0.15) is 29.7 Å². The van der Waals surface area contributed by atoms with E-state index >= 15 is 0 Å².